The van der Waals surface area contributed by atoms with Crippen molar-refractivity contribution in [2.45, 2.75) is 18.5 Å². The molecule has 0 spiro atoms. The highest BCUT2D eigenvalue weighted by Crippen LogP contribution is 2.36. The first-order valence-corrected chi connectivity index (χ1v) is 5.01. The lowest BCUT2D eigenvalue weighted by Crippen LogP contribution is -2.45. The minimum absolute atomic E-state index is 0.0469. The number of halogens is 6. The van der Waals surface area contributed by atoms with Crippen LogP contribution in [-0.2, 0) is 16.0 Å². The molecule has 1 aromatic carbocycles. The van der Waals surface area contributed by atoms with Gasteiger partial charge in [0.1, 0.15) is 5.82 Å². The molecule has 0 bridgehead atoms. The Morgan fingerprint density at radius 2 is 1.68 bits per heavy atom. The number of carbonyl (C=O) groups excluding carboxylic acids is 1. The third kappa shape index (κ3) is 3.62. The van der Waals surface area contributed by atoms with Crippen LogP contribution < -0.4 is 0 Å². The molecule has 2 nitrogen and oxygen atoms in total. The van der Waals surface area contributed by atoms with Crippen molar-refractivity contribution in [1.29, 1.82) is 0 Å². The summed E-state index contributed by atoms with van der Waals surface area (Å²) in [5.74, 6) is -8.93. The second-order valence-electron chi connectivity index (χ2n) is 3.55. The van der Waals surface area contributed by atoms with Crippen LogP contribution in [0.15, 0.2) is 24.3 Å². The van der Waals surface area contributed by atoms with E-state index in [-0.39, 0.29) is 12.0 Å². The van der Waals surface area contributed by atoms with Gasteiger partial charge in [0.25, 0.3) is 0 Å². The maximum atomic E-state index is 13.1. The molecule has 0 unspecified atom stereocenters. The molecule has 0 fully saturated rings. The summed E-state index contributed by atoms with van der Waals surface area (Å²) in [6.07, 6.45) is -6.31. The fraction of sp³-hybridized carbons (Fsp3) is 0.364. The zero-order valence-electron chi connectivity index (χ0n) is 9.31. The standard InChI is InChI=1S/C11H8F6O2/c12-8-4-2-1-3-7(8)5-6-19-9(18)10(13,14)11(15,16)17/h1-4H,5-6H2. The average molecular weight is 286 g/mol. The zero-order valence-corrected chi connectivity index (χ0v) is 9.31. The van der Waals surface area contributed by atoms with Crippen LogP contribution in [0.25, 0.3) is 0 Å². The number of alkyl halides is 5. The van der Waals surface area contributed by atoms with Gasteiger partial charge < -0.3 is 4.74 Å². The summed E-state index contributed by atoms with van der Waals surface area (Å²) in [6, 6.07) is 5.21. The monoisotopic (exact) mass is 286 g/mol. The minimum Gasteiger partial charge on any atom is -0.461 e. The van der Waals surface area contributed by atoms with Crippen molar-refractivity contribution in [3.63, 3.8) is 0 Å². The SMILES string of the molecule is O=C(OCCc1ccccc1F)C(F)(F)C(F)(F)F. The van der Waals surface area contributed by atoms with Gasteiger partial charge in [0.2, 0.25) is 0 Å². The highest BCUT2D eigenvalue weighted by atomic mass is 19.4. The van der Waals surface area contributed by atoms with E-state index in [0.717, 1.165) is 6.07 Å². The van der Waals surface area contributed by atoms with E-state index >= 15 is 0 Å². The van der Waals surface area contributed by atoms with Crippen molar-refractivity contribution in [3.8, 4) is 0 Å². The van der Waals surface area contributed by atoms with Crippen LogP contribution in [0.3, 0.4) is 0 Å². The molecule has 0 saturated heterocycles. The van der Waals surface area contributed by atoms with E-state index < -0.39 is 30.5 Å². The molecule has 0 amide bonds. The van der Waals surface area contributed by atoms with Gasteiger partial charge in [-0.05, 0) is 11.6 Å². The van der Waals surface area contributed by atoms with Gasteiger partial charge in [-0.3, -0.25) is 0 Å². The fourth-order valence-electron chi connectivity index (χ4n) is 1.16. The van der Waals surface area contributed by atoms with Crippen LogP contribution in [0, 0.1) is 5.82 Å². The van der Waals surface area contributed by atoms with E-state index in [1.54, 1.807) is 0 Å². The van der Waals surface area contributed by atoms with E-state index in [0.29, 0.717) is 0 Å². The fourth-order valence-corrected chi connectivity index (χ4v) is 1.16. The van der Waals surface area contributed by atoms with Gasteiger partial charge in [0.15, 0.2) is 0 Å². The van der Waals surface area contributed by atoms with Crippen LogP contribution in [0.1, 0.15) is 5.56 Å². The van der Waals surface area contributed by atoms with Crippen molar-refractivity contribution in [2.75, 3.05) is 6.61 Å². The summed E-state index contributed by atoms with van der Waals surface area (Å²) < 4.78 is 77.2. The molecule has 0 aromatic heterocycles. The Labute approximate surface area is 104 Å². The maximum absolute atomic E-state index is 13.1. The summed E-state index contributed by atoms with van der Waals surface area (Å²) in [6.45, 7) is -0.772. The van der Waals surface area contributed by atoms with Gasteiger partial charge in [0, 0.05) is 6.42 Å². The number of esters is 1. The molecule has 8 heteroatoms. The molecule has 19 heavy (non-hydrogen) atoms. The van der Waals surface area contributed by atoms with Gasteiger partial charge in [-0.1, -0.05) is 18.2 Å². The van der Waals surface area contributed by atoms with Crippen LogP contribution in [0.4, 0.5) is 26.3 Å². The summed E-state index contributed by atoms with van der Waals surface area (Å²) >= 11 is 0. The van der Waals surface area contributed by atoms with Gasteiger partial charge in [-0.2, -0.15) is 22.0 Å². The minimum atomic E-state index is -6.01. The molecule has 1 rings (SSSR count). The van der Waals surface area contributed by atoms with E-state index in [2.05, 4.69) is 4.74 Å². The quantitative estimate of drug-likeness (QED) is 0.628. The lowest BCUT2D eigenvalue weighted by molar-refractivity contribution is -0.280. The van der Waals surface area contributed by atoms with E-state index in [4.69, 9.17) is 0 Å². The molecular formula is C11H8F6O2. The molecule has 0 N–H and O–H groups in total. The summed E-state index contributed by atoms with van der Waals surface area (Å²) in [5, 5.41) is 0. The third-order valence-electron chi connectivity index (χ3n) is 2.17. The van der Waals surface area contributed by atoms with Crippen molar-refractivity contribution >= 4 is 5.97 Å². The molecule has 0 atom stereocenters. The number of rotatable bonds is 4. The molecular weight excluding hydrogens is 278 g/mol. The Balaban J connectivity index is 2.55. The molecule has 1 aromatic rings. The Morgan fingerprint density at radius 1 is 1.11 bits per heavy atom. The predicted molar refractivity (Wildman–Crippen MR) is 52.1 cm³/mol. The number of benzene rings is 1. The molecule has 0 aliphatic heterocycles. The Kier molecular flexibility index (Phi) is 4.43. The van der Waals surface area contributed by atoms with Crippen LogP contribution >= 0.6 is 0 Å². The van der Waals surface area contributed by atoms with Gasteiger partial charge in [0.05, 0.1) is 6.61 Å². The maximum Gasteiger partial charge on any atom is 0.465 e. The molecule has 0 aliphatic rings. The van der Waals surface area contributed by atoms with Crippen molar-refractivity contribution in [1.82, 2.24) is 0 Å². The predicted octanol–water partition coefficient (Wildman–Crippen LogP) is 3.11. The second-order valence-corrected chi connectivity index (χ2v) is 3.55. The Hall–Kier alpha value is -1.73. The van der Waals surface area contributed by atoms with Crippen LogP contribution in [0.2, 0.25) is 0 Å². The molecule has 0 aliphatic carbocycles. The summed E-state index contributed by atoms with van der Waals surface area (Å²) in [7, 11) is 0. The molecule has 0 saturated carbocycles. The Bertz CT molecular complexity index is 455. The number of hydrogen-bond donors (Lipinski definition) is 0. The average Bonchev–Trinajstić information content (AvgIpc) is 2.30. The molecule has 106 valence electrons. The molecule has 0 heterocycles. The van der Waals surface area contributed by atoms with E-state index in [1.165, 1.54) is 18.2 Å². The normalized spacial score (nSPS) is 12.3. The lowest BCUT2D eigenvalue weighted by atomic mass is 10.1. The van der Waals surface area contributed by atoms with E-state index in [9.17, 15) is 31.1 Å². The summed E-state index contributed by atoms with van der Waals surface area (Å²) in [5.41, 5.74) is 0.0469. The van der Waals surface area contributed by atoms with Gasteiger partial charge in [-0.25, -0.2) is 9.18 Å². The first-order valence-electron chi connectivity index (χ1n) is 5.01. The second kappa shape index (κ2) is 5.50. The van der Waals surface area contributed by atoms with Gasteiger partial charge >= 0.3 is 18.1 Å². The van der Waals surface area contributed by atoms with Gasteiger partial charge in [-0.15, -0.1) is 0 Å². The highest BCUT2D eigenvalue weighted by Gasteiger charge is 2.64. The third-order valence-corrected chi connectivity index (χ3v) is 2.17. The lowest BCUT2D eigenvalue weighted by Gasteiger charge is -2.17. The van der Waals surface area contributed by atoms with Crippen molar-refractivity contribution < 1.29 is 35.9 Å². The number of carbonyl (C=O) groups is 1. The smallest absolute Gasteiger partial charge is 0.461 e. The largest absolute Gasteiger partial charge is 0.465 e. The van der Waals surface area contributed by atoms with E-state index in [1.807, 2.05) is 0 Å². The zero-order chi connectivity index (χ0) is 14.7. The first kappa shape index (κ1) is 15.3. The highest BCUT2D eigenvalue weighted by molar-refractivity contribution is 5.78. The van der Waals surface area contributed by atoms with Crippen molar-refractivity contribution in [2.24, 2.45) is 0 Å². The number of ether oxygens (including phenoxy) is 1. The Morgan fingerprint density at radius 3 is 2.21 bits per heavy atom. The van der Waals surface area contributed by atoms with Crippen molar-refractivity contribution in [3.05, 3.63) is 35.6 Å². The number of hydrogen-bond acceptors (Lipinski definition) is 2. The topological polar surface area (TPSA) is 26.3 Å². The summed E-state index contributed by atoms with van der Waals surface area (Å²) in [4.78, 5) is 10.6. The van der Waals surface area contributed by atoms with Crippen LogP contribution in [-0.4, -0.2) is 24.7 Å². The van der Waals surface area contributed by atoms with Crippen LogP contribution in [0.5, 0.6) is 0 Å². The molecule has 0 radical (unpaired) electrons. The first-order chi connectivity index (χ1) is 8.66.